The predicted octanol–water partition coefficient (Wildman–Crippen LogP) is 2.16. The fourth-order valence-electron chi connectivity index (χ4n) is 1.74. The first-order valence-corrected chi connectivity index (χ1v) is 5.45. The Balaban J connectivity index is 2.67. The van der Waals surface area contributed by atoms with Crippen LogP contribution in [0, 0.1) is 11.3 Å². The van der Waals surface area contributed by atoms with Gasteiger partial charge in [0.15, 0.2) is 0 Å². The lowest BCUT2D eigenvalue weighted by atomic mass is 10.1. The van der Waals surface area contributed by atoms with Gasteiger partial charge in [-0.2, -0.15) is 5.26 Å². The third-order valence-corrected chi connectivity index (χ3v) is 2.62. The lowest BCUT2D eigenvalue weighted by Crippen LogP contribution is -2.15. The highest BCUT2D eigenvalue weighted by Gasteiger charge is 2.16. The number of hydrogen-bond acceptors (Lipinski definition) is 2. The largest absolute Gasteiger partial charge is 0.293 e. The molecule has 0 aliphatic carbocycles. The maximum atomic E-state index is 12.0. The molecule has 0 aliphatic heterocycles. The van der Waals surface area contributed by atoms with Crippen molar-refractivity contribution in [2.45, 2.75) is 19.8 Å². The summed E-state index contributed by atoms with van der Waals surface area (Å²) in [5.74, 6) is 0.113. The number of aromatic nitrogens is 2. The van der Waals surface area contributed by atoms with E-state index in [2.05, 4.69) is 5.10 Å². The second-order valence-corrected chi connectivity index (χ2v) is 4.14. The van der Waals surface area contributed by atoms with E-state index in [0.29, 0.717) is 5.69 Å². The Morgan fingerprint density at radius 3 is 2.41 bits per heavy atom. The Kier molecular flexibility index (Phi) is 2.84. The molecule has 2 aromatic rings. The van der Waals surface area contributed by atoms with Crippen molar-refractivity contribution in [3.63, 3.8) is 0 Å². The van der Waals surface area contributed by atoms with Gasteiger partial charge in [0.2, 0.25) is 0 Å². The SMILES string of the molecule is CC(C)c1[nH]n(-c2ccccc2)c(=O)c1C#N. The number of benzene rings is 1. The second kappa shape index (κ2) is 4.30. The van der Waals surface area contributed by atoms with Crippen LogP contribution in [0.3, 0.4) is 0 Å². The van der Waals surface area contributed by atoms with E-state index in [1.165, 1.54) is 4.68 Å². The predicted molar refractivity (Wildman–Crippen MR) is 65.2 cm³/mol. The minimum absolute atomic E-state index is 0.113. The quantitative estimate of drug-likeness (QED) is 0.854. The van der Waals surface area contributed by atoms with Crippen LogP contribution >= 0.6 is 0 Å². The molecule has 2 rings (SSSR count). The number of nitrogens with one attached hydrogen (secondary N) is 1. The van der Waals surface area contributed by atoms with Crippen LogP contribution in [-0.2, 0) is 0 Å². The van der Waals surface area contributed by atoms with E-state index < -0.39 is 0 Å². The molecule has 17 heavy (non-hydrogen) atoms. The highest BCUT2D eigenvalue weighted by atomic mass is 16.1. The number of para-hydroxylation sites is 1. The van der Waals surface area contributed by atoms with Gasteiger partial charge in [-0.1, -0.05) is 32.0 Å². The maximum absolute atomic E-state index is 12.0. The van der Waals surface area contributed by atoms with Crippen LogP contribution in [-0.4, -0.2) is 9.78 Å². The van der Waals surface area contributed by atoms with E-state index in [4.69, 9.17) is 5.26 Å². The fraction of sp³-hybridized carbons (Fsp3) is 0.231. The van der Waals surface area contributed by atoms with Gasteiger partial charge >= 0.3 is 0 Å². The van der Waals surface area contributed by atoms with Crippen LogP contribution in [0.4, 0.5) is 0 Å². The van der Waals surface area contributed by atoms with Crippen molar-refractivity contribution in [1.29, 1.82) is 5.26 Å². The molecule has 4 nitrogen and oxygen atoms in total. The summed E-state index contributed by atoms with van der Waals surface area (Å²) in [4.78, 5) is 12.0. The first kappa shape index (κ1) is 11.2. The van der Waals surface area contributed by atoms with Crippen molar-refractivity contribution in [2.24, 2.45) is 0 Å². The van der Waals surface area contributed by atoms with Crippen molar-refractivity contribution in [3.8, 4) is 11.8 Å². The van der Waals surface area contributed by atoms with E-state index in [0.717, 1.165) is 5.69 Å². The van der Waals surface area contributed by atoms with Gasteiger partial charge in [-0.25, -0.2) is 4.68 Å². The highest BCUT2D eigenvalue weighted by Crippen LogP contribution is 2.15. The van der Waals surface area contributed by atoms with Gasteiger partial charge in [0, 0.05) is 0 Å². The molecule has 0 spiro atoms. The minimum Gasteiger partial charge on any atom is -0.293 e. The summed E-state index contributed by atoms with van der Waals surface area (Å²) in [7, 11) is 0. The summed E-state index contributed by atoms with van der Waals surface area (Å²) in [6.45, 7) is 3.89. The fourth-order valence-corrected chi connectivity index (χ4v) is 1.74. The summed E-state index contributed by atoms with van der Waals surface area (Å²) in [6, 6.07) is 11.2. The van der Waals surface area contributed by atoms with Crippen LogP contribution in [0.1, 0.15) is 31.0 Å². The summed E-state index contributed by atoms with van der Waals surface area (Å²) in [5, 5.41) is 12.0. The standard InChI is InChI=1S/C13H13N3O/c1-9(2)12-11(8-14)13(17)16(15-12)10-6-4-3-5-7-10/h3-7,9,15H,1-2H3. The lowest BCUT2D eigenvalue weighted by molar-refractivity contribution is 0.760. The molecular formula is C13H13N3O. The molecule has 0 saturated heterocycles. The Labute approximate surface area is 99.1 Å². The average Bonchev–Trinajstić information content (AvgIpc) is 2.67. The van der Waals surface area contributed by atoms with E-state index in [1.54, 1.807) is 0 Å². The van der Waals surface area contributed by atoms with E-state index >= 15 is 0 Å². The molecule has 1 heterocycles. The van der Waals surface area contributed by atoms with Gasteiger partial charge in [-0.15, -0.1) is 0 Å². The Bertz CT molecular complexity index is 614. The van der Waals surface area contributed by atoms with E-state index in [1.807, 2.05) is 50.2 Å². The molecule has 4 heteroatoms. The van der Waals surface area contributed by atoms with Crippen molar-refractivity contribution in [2.75, 3.05) is 0 Å². The van der Waals surface area contributed by atoms with Gasteiger partial charge in [-0.3, -0.25) is 9.89 Å². The Morgan fingerprint density at radius 1 is 1.29 bits per heavy atom. The minimum atomic E-state index is -0.289. The molecule has 0 amide bonds. The second-order valence-electron chi connectivity index (χ2n) is 4.14. The van der Waals surface area contributed by atoms with Crippen LogP contribution in [0.15, 0.2) is 35.1 Å². The molecule has 1 aromatic carbocycles. The van der Waals surface area contributed by atoms with Crippen molar-refractivity contribution < 1.29 is 0 Å². The zero-order valence-electron chi connectivity index (χ0n) is 9.77. The Hall–Kier alpha value is -2.28. The molecular weight excluding hydrogens is 214 g/mol. The molecule has 0 saturated carbocycles. The first-order valence-electron chi connectivity index (χ1n) is 5.45. The number of aromatic amines is 1. The summed E-state index contributed by atoms with van der Waals surface area (Å²) in [6.07, 6.45) is 0. The number of H-pyrrole nitrogens is 1. The van der Waals surface area contributed by atoms with Crippen LogP contribution in [0.2, 0.25) is 0 Å². The molecule has 0 radical (unpaired) electrons. The molecule has 0 aliphatic rings. The summed E-state index contributed by atoms with van der Waals surface area (Å²) >= 11 is 0. The molecule has 0 unspecified atom stereocenters. The zero-order valence-corrected chi connectivity index (χ0v) is 9.77. The first-order chi connectivity index (χ1) is 8.15. The average molecular weight is 227 g/mol. The van der Waals surface area contributed by atoms with E-state index in [-0.39, 0.29) is 17.0 Å². The van der Waals surface area contributed by atoms with Gasteiger partial charge in [0.05, 0.1) is 11.4 Å². The lowest BCUT2D eigenvalue weighted by Gasteiger charge is -2.02. The number of rotatable bonds is 2. The summed E-state index contributed by atoms with van der Waals surface area (Å²) < 4.78 is 1.41. The number of nitrogens with zero attached hydrogens (tertiary/aromatic N) is 2. The van der Waals surface area contributed by atoms with Gasteiger partial charge in [-0.05, 0) is 18.1 Å². The van der Waals surface area contributed by atoms with Crippen molar-refractivity contribution in [1.82, 2.24) is 9.78 Å². The number of hydrogen-bond donors (Lipinski definition) is 1. The third kappa shape index (κ3) is 1.87. The molecule has 1 aromatic heterocycles. The van der Waals surface area contributed by atoms with Gasteiger partial charge in [0.1, 0.15) is 11.6 Å². The zero-order chi connectivity index (χ0) is 12.4. The van der Waals surface area contributed by atoms with Crippen LogP contribution in [0.25, 0.3) is 5.69 Å². The molecule has 86 valence electrons. The molecule has 1 N–H and O–H groups in total. The van der Waals surface area contributed by atoms with Crippen molar-refractivity contribution in [3.05, 3.63) is 51.9 Å². The molecule has 0 fully saturated rings. The van der Waals surface area contributed by atoms with Gasteiger partial charge in [0.25, 0.3) is 5.56 Å². The molecule has 0 atom stereocenters. The summed E-state index contributed by atoms with van der Waals surface area (Å²) in [5.41, 5.74) is 1.33. The van der Waals surface area contributed by atoms with Crippen LogP contribution < -0.4 is 5.56 Å². The normalized spacial score (nSPS) is 10.5. The Morgan fingerprint density at radius 2 is 1.94 bits per heavy atom. The van der Waals surface area contributed by atoms with Crippen molar-refractivity contribution >= 4 is 0 Å². The maximum Gasteiger partial charge on any atom is 0.289 e. The number of nitriles is 1. The van der Waals surface area contributed by atoms with Gasteiger partial charge < -0.3 is 0 Å². The topological polar surface area (TPSA) is 61.6 Å². The smallest absolute Gasteiger partial charge is 0.289 e. The highest BCUT2D eigenvalue weighted by molar-refractivity contribution is 5.38. The van der Waals surface area contributed by atoms with Crippen LogP contribution in [0.5, 0.6) is 0 Å². The third-order valence-electron chi connectivity index (χ3n) is 2.62. The monoisotopic (exact) mass is 227 g/mol. The van der Waals surface area contributed by atoms with E-state index in [9.17, 15) is 4.79 Å². The molecule has 0 bridgehead atoms.